The number of rotatable bonds is 7. The van der Waals surface area contributed by atoms with Gasteiger partial charge in [0.1, 0.15) is 0 Å². The Hall–Kier alpha value is -0.830. The van der Waals surface area contributed by atoms with Gasteiger partial charge in [0.15, 0.2) is 0 Å². The van der Waals surface area contributed by atoms with Crippen LogP contribution in [0.3, 0.4) is 0 Å². The second-order valence-corrected chi connectivity index (χ2v) is 6.44. The molecule has 3 unspecified atom stereocenters. The van der Waals surface area contributed by atoms with E-state index in [0.29, 0.717) is 6.04 Å². The number of nitrogens with zero attached hydrogens (tertiary/aromatic N) is 2. The molecule has 3 heteroatoms. The zero-order valence-corrected chi connectivity index (χ0v) is 13.4. The molecule has 0 aliphatic heterocycles. The van der Waals surface area contributed by atoms with E-state index in [1.54, 1.807) is 0 Å². The molecule has 1 aliphatic rings. The molecule has 1 saturated carbocycles. The summed E-state index contributed by atoms with van der Waals surface area (Å²) in [6, 6.07) is 2.72. The standard InChI is InChI=1S/C17H31N3/c1-4-10-18-17(15-8-6-7-14(3)13-15)16-9-11-19-20(16)12-5-2/h9,11,14-15,17-18H,4-8,10,12-13H2,1-3H3. The summed E-state index contributed by atoms with van der Waals surface area (Å²) >= 11 is 0. The van der Waals surface area contributed by atoms with Crippen LogP contribution in [0.1, 0.15) is 71.0 Å². The van der Waals surface area contributed by atoms with Gasteiger partial charge in [-0.25, -0.2) is 0 Å². The lowest BCUT2D eigenvalue weighted by atomic mass is 9.77. The van der Waals surface area contributed by atoms with Crippen LogP contribution in [0.2, 0.25) is 0 Å². The predicted octanol–water partition coefficient (Wildman–Crippen LogP) is 4.16. The fraction of sp³-hybridized carbons (Fsp3) is 0.824. The first-order chi connectivity index (χ1) is 9.76. The van der Waals surface area contributed by atoms with Crippen LogP contribution in [-0.4, -0.2) is 16.3 Å². The number of aryl methyl sites for hydroxylation is 1. The third-order valence-corrected chi connectivity index (χ3v) is 4.57. The fourth-order valence-corrected chi connectivity index (χ4v) is 3.60. The van der Waals surface area contributed by atoms with E-state index in [1.165, 1.54) is 37.8 Å². The SMILES string of the molecule is CCCNC(c1ccnn1CCC)C1CCCC(C)C1. The van der Waals surface area contributed by atoms with E-state index in [1.807, 2.05) is 6.20 Å². The van der Waals surface area contributed by atoms with Gasteiger partial charge in [0.25, 0.3) is 0 Å². The van der Waals surface area contributed by atoms with Crippen LogP contribution in [0.4, 0.5) is 0 Å². The van der Waals surface area contributed by atoms with Crippen molar-refractivity contribution in [1.82, 2.24) is 15.1 Å². The van der Waals surface area contributed by atoms with Crippen LogP contribution in [0.5, 0.6) is 0 Å². The van der Waals surface area contributed by atoms with Crippen LogP contribution in [0.15, 0.2) is 12.3 Å². The van der Waals surface area contributed by atoms with Gasteiger partial charge in [0, 0.05) is 12.7 Å². The Balaban J connectivity index is 2.15. The largest absolute Gasteiger partial charge is 0.308 e. The van der Waals surface area contributed by atoms with Crippen LogP contribution in [0, 0.1) is 11.8 Å². The van der Waals surface area contributed by atoms with Crippen LogP contribution >= 0.6 is 0 Å². The average Bonchev–Trinajstić information content (AvgIpc) is 2.88. The molecule has 0 radical (unpaired) electrons. The second kappa shape index (κ2) is 7.82. The molecule has 114 valence electrons. The van der Waals surface area contributed by atoms with E-state index < -0.39 is 0 Å². The Labute approximate surface area is 124 Å². The number of hydrogen-bond acceptors (Lipinski definition) is 2. The quantitative estimate of drug-likeness (QED) is 0.811. The van der Waals surface area contributed by atoms with Crippen molar-refractivity contribution in [1.29, 1.82) is 0 Å². The first-order valence-corrected chi connectivity index (χ1v) is 8.51. The Kier molecular flexibility index (Phi) is 6.08. The van der Waals surface area contributed by atoms with E-state index in [-0.39, 0.29) is 0 Å². The summed E-state index contributed by atoms with van der Waals surface area (Å²) in [5, 5.41) is 8.33. The normalized spacial score (nSPS) is 24.8. The van der Waals surface area contributed by atoms with Gasteiger partial charge in [0.2, 0.25) is 0 Å². The molecule has 0 aromatic carbocycles. The molecule has 3 atom stereocenters. The third-order valence-electron chi connectivity index (χ3n) is 4.57. The highest BCUT2D eigenvalue weighted by Gasteiger charge is 2.29. The van der Waals surface area contributed by atoms with E-state index in [4.69, 9.17) is 0 Å². The first-order valence-electron chi connectivity index (χ1n) is 8.51. The van der Waals surface area contributed by atoms with Gasteiger partial charge in [0.05, 0.1) is 11.7 Å². The van der Waals surface area contributed by atoms with Crippen molar-refractivity contribution in [3.8, 4) is 0 Å². The molecule has 1 aliphatic carbocycles. The zero-order valence-electron chi connectivity index (χ0n) is 13.4. The molecule has 1 heterocycles. The molecule has 0 amide bonds. The van der Waals surface area contributed by atoms with Crippen molar-refractivity contribution < 1.29 is 0 Å². The highest BCUT2D eigenvalue weighted by atomic mass is 15.3. The minimum atomic E-state index is 0.492. The molecule has 3 nitrogen and oxygen atoms in total. The van der Waals surface area contributed by atoms with Crippen molar-refractivity contribution in [2.24, 2.45) is 11.8 Å². The molecule has 20 heavy (non-hydrogen) atoms. The van der Waals surface area contributed by atoms with Gasteiger partial charge in [-0.1, -0.05) is 33.6 Å². The van der Waals surface area contributed by atoms with Crippen molar-refractivity contribution in [3.05, 3.63) is 18.0 Å². The van der Waals surface area contributed by atoms with E-state index in [0.717, 1.165) is 31.3 Å². The first kappa shape index (κ1) is 15.6. The Morgan fingerprint density at radius 1 is 1.35 bits per heavy atom. The maximum Gasteiger partial charge on any atom is 0.0556 e. The van der Waals surface area contributed by atoms with Gasteiger partial charge in [-0.05, 0) is 50.1 Å². The highest BCUT2D eigenvalue weighted by molar-refractivity contribution is 5.09. The Bertz CT molecular complexity index is 385. The summed E-state index contributed by atoms with van der Waals surface area (Å²) in [7, 11) is 0. The monoisotopic (exact) mass is 277 g/mol. The van der Waals surface area contributed by atoms with Crippen molar-refractivity contribution >= 4 is 0 Å². The van der Waals surface area contributed by atoms with E-state index >= 15 is 0 Å². The summed E-state index contributed by atoms with van der Waals surface area (Å²) in [4.78, 5) is 0. The van der Waals surface area contributed by atoms with Crippen molar-refractivity contribution in [2.45, 2.75) is 71.9 Å². The van der Waals surface area contributed by atoms with E-state index in [9.17, 15) is 0 Å². The van der Waals surface area contributed by atoms with Crippen molar-refractivity contribution in [3.63, 3.8) is 0 Å². The maximum atomic E-state index is 4.53. The van der Waals surface area contributed by atoms with Gasteiger partial charge < -0.3 is 5.32 Å². The highest BCUT2D eigenvalue weighted by Crippen LogP contribution is 2.37. The van der Waals surface area contributed by atoms with Crippen LogP contribution in [-0.2, 0) is 6.54 Å². The van der Waals surface area contributed by atoms with E-state index in [2.05, 4.69) is 41.9 Å². The number of nitrogens with one attached hydrogen (secondary N) is 1. The molecule has 0 spiro atoms. The molecular weight excluding hydrogens is 246 g/mol. The minimum Gasteiger partial charge on any atom is -0.308 e. The lowest BCUT2D eigenvalue weighted by molar-refractivity contribution is 0.216. The number of aromatic nitrogens is 2. The summed E-state index contributed by atoms with van der Waals surface area (Å²) in [6.45, 7) is 9.02. The molecule has 2 rings (SSSR count). The fourth-order valence-electron chi connectivity index (χ4n) is 3.60. The van der Waals surface area contributed by atoms with Gasteiger partial charge >= 0.3 is 0 Å². The predicted molar refractivity (Wildman–Crippen MR) is 84.7 cm³/mol. The summed E-state index contributed by atoms with van der Waals surface area (Å²) in [5.74, 6) is 1.65. The minimum absolute atomic E-state index is 0.492. The Morgan fingerprint density at radius 2 is 2.20 bits per heavy atom. The molecule has 1 aromatic rings. The molecule has 0 saturated heterocycles. The second-order valence-electron chi connectivity index (χ2n) is 6.44. The zero-order chi connectivity index (χ0) is 14.4. The summed E-state index contributed by atoms with van der Waals surface area (Å²) in [6.07, 6.45) is 9.83. The molecule has 1 aromatic heterocycles. The molecule has 1 fully saturated rings. The smallest absolute Gasteiger partial charge is 0.0556 e. The maximum absolute atomic E-state index is 4.53. The lowest BCUT2D eigenvalue weighted by Gasteiger charge is -2.34. The summed E-state index contributed by atoms with van der Waals surface area (Å²) in [5.41, 5.74) is 1.40. The van der Waals surface area contributed by atoms with Gasteiger partial charge in [-0.3, -0.25) is 4.68 Å². The average molecular weight is 277 g/mol. The lowest BCUT2D eigenvalue weighted by Crippen LogP contribution is -2.33. The van der Waals surface area contributed by atoms with Crippen LogP contribution in [0.25, 0.3) is 0 Å². The van der Waals surface area contributed by atoms with Crippen LogP contribution < -0.4 is 5.32 Å². The van der Waals surface area contributed by atoms with Gasteiger partial charge in [-0.15, -0.1) is 0 Å². The molecule has 1 N–H and O–H groups in total. The summed E-state index contributed by atoms with van der Waals surface area (Å²) < 4.78 is 2.21. The topological polar surface area (TPSA) is 29.9 Å². The molecule has 0 bridgehead atoms. The third kappa shape index (κ3) is 3.85. The Morgan fingerprint density at radius 3 is 2.90 bits per heavy atom. The van der Waals surface area contributed by atoms with Gasteiger partial charge in [-0.2, -0.15) is 5.10 Å². The number of hydrogen-bond donors (Lipinski definition) is 1. The van der Waals surface area contributed by atoms with Crippen molar-refractivity contribution in [2.75, 3.05) is 6.54 Å². The molecular formula is C17H31N3.